The molecule has 1 N–H and O–H groups in total. The zero-order valence-electron chi connectivity index (χ0n) is 17.5. The molecular formula is C22H23N5O3S. The Bertz CT molecular complexity index is 1350. The van der Waals surface area contributed by atoms with E-state index in [9.17, 15) is 8.42 Å². The fourth-order valence-corrected chi connectivity index (χ4v) is 5.04. The Kier molecular flexibility index (Phi) is 5.60. The van der Waals surface area contributed by atoms with Crippen LogP contribution in [0.4, 0.5) is 11.6 Å². The highest BCUT2D eigenvalue weighted by molar-refractivity contribution is 7.91. The number of aryl methyl sites for hydroxylation is 1. The first kappa shape index (κ1) is 20.8. The van der Waals surface area contributed by atoms with Crippen molar-refractivity contribution in [2.45, 2.75) is 25.2 Å². The molecule has 4 rings (SSSR count). The molecule has 0 saturated carbocycles. The fourth-order valence-electron chi connectivity index (χ4n) is 3.52. The maximum Gasteiger partial charge on any atom is 0.249 e. The van der Waals surface area contributed by atoms with Gasteiger partial charge in [-0.25, -0.2) is 8.42 Å². The van der Waals surface area contributed by atoms with Gasteiger partial charge in [0.2, 0.25) is 5.95 Å². The minimum Gasteiger partial charge on any atom is -0.495 e. The van der Waals surface area contributed by atoms with Gasteiger partial charge in [0, 0.05) is 5.69 Å². The van der Waals surface area contributed by atoms with Crippen LogP contribution < -0.4 is 10.1 Å². The predicted octanol–water partition coefficient (Wildman–Crippen LogP) is 4.06. The van der Waals surface area contributed by atoms with Gasteiger partial charge in [0.05, 0.1) is 29.1 Å². The summed E-state index contributed by atoms with van der Waals surface area (Å²) in [6, 6.07) is 16.2. The number of nitrogens with zero attached hydrogens (tertiary/aromatic N) is 4. The van der Waals surface area contributed by atoms with Crippen LogP contribution in [-0.2, 0) is 9.84 Å². The predicted molar refractivity (Wildman–Crippen MR) is 120 cm³/mol. The molecule has 0 aliphatic carbocycles. The van der Waals surface area contributed by atoms with Gasteiger partial charge in [-0.1, -0.05) is 31.2 Å². The van der Waals surface area contributed by atoms with Crippen molar-refractivity contribution in [2.24, 2.45) is 0 Å². The third kappa shape index (κ3) is 3.96. The summed E-state index contributed by atoms with van der Waals surface area (Å²) in [6.45, 7) is 3.74. The Morgan fingerprint density at radius 2 is 1.81 bits per heavy atom. The van der Waals surface area contributed by atoms with Crippen LogP contribution in [0.25, 0.3) is 16.9 Å². The molecule has 0 spiro atoms. The maximum atomic E-state index is 12.9. The lowest BCUT2D eigenvalue weighted by atomic mass is 10.3. The normalized spacial score (nSPS) is 11.6. The number of hydrogen-bond donors (Lipinski definition) is 1. The number of hydrogen-bond acceptors (Lipinski definition) is 7. The first-order chi connectivity index (χ1) is 14.9. The van der Waals surface area contributed by atoms with Gasteiger partial charge in [0.1, 0.15) is 11.3 Å². The summed E-state index contributed by atoms with van der Waals surface area (Å²) in [5.74, 6) is 1.01. The molecule has 0 saturated heterocycles. The average molecular weight is 438 g/mol. The van der Waals surface area contributed by atoms with Gasteiger partial charge in [-0.2, -0.15) is 4.98 Å². The summed E-state index contributed by atoms with van der Waals surface area (Å²) in [5.41, 5.74) is 3.15. The molecule has 0 fully saturated rings. The molecule has 0 aliphatic rings. The molecule has 0 amide bonds. The molecule has 9 heteroatoms. The number of methoxy groups -OCH3 is 1. The second-order valence-electron chi connectivity index (χ2n) is 7.08. The topological polar surface area (TPSA) is 99.0 Å². The minimum atomic E-state index is -3.44. The van der Waals surface area contributed by atoms with Crippen molar-refractivity contribution in [3.05, 3.63) is 60.3 Å². The summed E-state index contributed by atoms with van der Waals surface area (Å²) in [7, 11) is -1.85. The van der Waals surface area contributed by atoms with Gasteiger partial charge < -0.3 is 10.1 Å². The van der Waals surface area contributed by atoms with Gasteiger partial charge >= 0.3 is 0 Å². The molecule has 2 aromatic heterocycles. The molecule has 2 heterocycles. The number of nitrogens with one attached hydrogen (secondary N) is 1. The molecular weight excluding hydrogens is 414 g/mol. The lowest BCUT2D eigenvalue weighted by molar-refractivity contribution is 0.417. The van der Waals surface area contributed by atoms with E-state index in [4.69, 9.17) is 4.74 Å². The van der Waals surface area contributed by atoms with E-state index in [1.165, 1.54) is 0 Å². The Morgan fingerprint density at radius 1 is 1.06 bits per heavy atom. The van der Waals surface area contributed by atoms with E-state index in [-0.39, 0.29) is 16.6 Å². The van der Waals surface area contributed by atoms with Crippen LogP contribution in [0.5, 0.6) is 5.75 Å². The molecule has 4 aromatic rings. The number of aromatic nitrogens is 4. The van der Waals surface area contributed by atoms with Gasteiger partial charge in [-0.15, -0.1) is 10.2 Å². The van der Waals surface area contributed by atoms with E-state index >= 15 is 0 Å². The average Bonchev–Trinajstić information content (AvgIpc) is 3.09. The van der Waals surface area contributed by atoms with Crippen molar-refractivity contribution in [3.8, 4) is 11.4 Å². The number of benzene rings is 2. The van der Waals surface area contributed by atoms with Crippen LogP contribution in [0.1, 0.15) is 19.0 Å². The molecule has 0 atom stereocenters. The van der Waals surface area contributed by atoms with E-state index < -0.39 is 9.84 Å². The molecule has 0 aliphatic heterocycles. The van der Waals surface area contributed by atoms with Crippen LogP contribution >= 0.6 is 0 Å². The highest BCUT2D eigenvalue weighted by atomic mass is 32.2. The van der Waals surface area contributed by atoms with Gasteiger partial charge in [-0.05, 0) is 43.7 Å². The molecule has 0 radical (unpaired) electrons. The first-order valence-corrected chi connectivity index (χ1v) is 11.5. The number of para-hydroxylation sites is 3. The second kappa shape index (κ2) is 8.35. The van der Waals surface area contributed by atoms with E-state index in [0.29, 0.717) is 34.7 Å². The third-order valence-electron chi connectivity index (χ3n) is 4.87. The van der Waals surface area contributed by atoms with Crippen molar-refractivity contribution < 1.29 is 13.2 Å². The monoisotopic (exact) mass is 437 g/mol. The quantitative estimate of drug-likeness (QED) is 0.465. The Balaban J connectivity index is 1.86. The summed E-state index contributed by atoms with van der Waals surface area (Å²) in [6.07, 6.45) is 0.540. The first-order valence-electron chi connectivity index (χ1n) is 9.89. The van der Waals surface area contributed by atoms with Gasteiger partial charge in [0.25, 0.3) is 0 Å². The summed E-state index contributed by atoms with van der Waals surface area (Å²) >= 11 is 0. The number of anilines is 2. The van der Waals surface area contributed by atoms with E-state index in [1.807, 2.05) is 50.2 Å². The third-order valence-corrected chi connectivity index (χ3v) is 6.83. The summed E-state index contributed by atoms with van der Waals surface area (Å²) in [5, 5.41) is 11.6. The van der Waals surface area contributed by atoms with Crippen LogP contribution in [-0.4, -0.2) is 41.0 Å². The largest absolute Gasteiger partial charge is 0.495 e. The molecule has 2 aromatic carbocycles. The highest BCUT2D eigenvalue weighted by Gasteiger charge is 2.21. The SMILES string of the molecule is CCCS(=O)(=O)c1ccccc1-n1c(C)cc2nnc(Nc3ccccc3OC)nc21. The van der Waals surface area contributed by atoms with Crippen LogP contribution in [0.15, 0.2) is 59.5 Å². The number of ether oxygens (including phenoxy) is 1. The lowest BCUT2D eigenvalue weighted by Gasteiger charge is -2.14. The molecule has 160 valence electrons. The zero-order chi connectivity index (χ0) is 22.0. The van der Waals surface area contributed by atoms with Crippen LogP contribution in [0.2, 0.25) is 0 Å². The van der Waals surface area contributed by atoms with Crippen molar-refractivity contribution in [1.29, 1.82) is 0 Å². The van der Waals surface area contributed by atoms with Gasteiger partial charge in [0.15, 0.2) is 15.5 Å². The Hall–Kier alpha value is -3.46. The number of sulfone groups is 1. The highest BCUT2D eigenvalue weighted by Crippen LogP contribution is 2.29. The van der Waals surface area contributed by atoms with Crippen molar-refractivity contribution in [3.63, 3.8) is 0 Å². The van der Waals surface area contributed by atoms with E-state index in [1.54, 1.807) is 29.9 Å². The van der Waals surface area contributed by atoms with Crippen molar-refractivity contribution in [1.82, 2.24) is 19.7 Å². The Labute approximate surface area is 180 Å². The van der Waals surface area contributed by atoms with Crippen molar-refractivity contribution in [2.75, 3.05) is 18.2 Å². The van der Waals surface area contributed by atoms with E-state index in [2.05, 4.69) is 20.5 Å². The van der Waals surface area contributed by atoms with Gasteiger partial charge in [-0.3, -0.25) is 4.57 Å². The molecule has 0 bridgehead atoms. The standard InChI is InChI=1S/C22H23N5O3S/c1-4-13-31(28,29)20-12-8-6-10-18(20)27-15(2)14-17-21(27)24-22(26-25-17)23-16-9-5-7-11-19(16)30-3/h5-12,14H,4,13H2,1-3H3,(H,23,24,26). The second-order valence-corrected chi connectivity index (χ2v) is 9.15. The number of rotatable bonds is 7. The minimum absolute atomic E-state index is 0.0795. The summed E-state index contributed by atoms with van der Waals surface area (Å²) < 4.78 is 32.9. The fraction of sp³-hybridized carbons (Fsp3) is 0.227. The van der Waals surface area contributed by atoms with Crippen LogP contribution in [0, 0.1) is 6.92 Å². The molecule has 0 unspecified atom stereocenters. The molecule has 31 heavy (non-hydrogen) atoms. The Morgan fingerprint density at radius 3 is 2.58 bits per heavy atom. The van der Waals surface area contributed by atoms with Crippen LogP contribution in [0.3, 0.4) is 0 Å². The number of fused-ring (bicyclic) bond motifs is 1. The maximum absolute atomic E-state index is 12.9. The zero-order valence-corrected chi connectivity index (χ0v) is 18.3. The van der Waals surface area contributed by atoms with Crippen molar-refractivity contribution >= 4 is 32.6 Å². The molecule has 8 nitrogen and oxygen atoms in total. The smallest absolute Gasteiger partial charge is 0.249 e. The van der Waals surface area contributed by atoms with E-state index in [0.717, 1.165) is 5.69 Å². The lowest BCUT2D eigenvalue weighted by Crippen LogP contribution is -2.11. The summed E-state index contributed by atoms with van der Waals surface area (Å²) in [4.78, 5) is 4.91.